The fraction of sp³-hybridized carbons (Fsp3) is 0.714. The molecule has 1 aliphatic rings. The van der Waals surface area contributed by atoms with Crippen molar-refractivity contribution in [3.8, 4) is 0 Å². The molecular formula is C14H23N3O. The molecule has 0 spiro atoms. The van der Waals surface area contributed by atoms with Crippen LogP contribution in [0.25, 0.3) is 0 Å². The van der Waals surface area contributed by atoms with Gasteiger partial charge >= 0.3 is 0 Å². The summed E-state index contributed by atoms with van der Waals surface area (Å²) in [5.74, 6) is 1.19. The zero-order valence-electron chi connectivity index (χ0n) is 11.3. The second-order valence-corrected chi connectivity index (χ2v) is 5.30. The standard InChI is InChI=1S/C14H23N3O/c1-10(8-18)11(2)17-14-12-6-4-3-5-7-13(12)15-9-16-14/h9-11,18H,3-8H2,1-2H3,(H,15,16,17). The smallest absolute Gasteiger partial charge is 0.133 e. The van der Waals surface area contributed by atoms with Crippen LogP contribution in [0.5, 0.6) is 0 Å². The SMILES string of the molecule is CC(CO)C(C)Nc1ncnc2c1CCCCC2. The predicted octanol–water partition coefficient (Wildman–Crippen LogP) is 2.17. The minimum absolute atomic E-state index is 0.196. The molecule has 4 nitrogen and oxygen atoms in total. The van der Waals surface area contributed by atoms with Crippen LogP contribution < -0.4 is 5.32 Å². The highest BCUT2D eigenvalue weighted by atomic mass is 16.3. The Hall–Kier alpha value is -1.16. The Balaban J connectivity index is 2.18. The molecule has 1 aliphatic carbocycles. The topological polar surface area (TPSA) is 58.0 Å². The largest absolute Gasteiger partial charge is 0.396 e. The number of rotatable bonds is 4. The lowest BCUT2D eigenvalue weighted by atomic mass is 10.0. The highest BCUT2D eigenvalue weighted by Gasteiger charge is 2.17. The maximum atomic E-state index is 9.19. The van der Waals surface area contributed by atoms with Gasteiger partial charge in [0.15, 0.2) is 0 Å². The molecule has 2 atom stereocenters. The van der Waals surface area contributed by atoms with Crippen molar-refractivity contribution in [3.05, 3.63) is 17.6 Å². The molecular weight excluding hydrogens is 226 g/mol. The molecule has 18 heavy (non-hydrogen) atoms. The summed E-state index contributed by atoms with van der Waals surface area (Å²) >= 11 is 0. The fourth-order valence-corrected chi connectivity index (χ4v) is 2.34. The molecule has 0 saturated heterocycles. The molecule has 0 amide bonds. The lowest BCUT2D eigenvalue weighted by Crippen LogP contribution is -2.27. The van der Waals surface area contributed by atoms with Gasteiger partial charge in [-0.15, -0.1) is 0 Å². The molecule has 100 valence electrons. The first-order valence-corrected chi connectivity index (χ1v) is 6.92. The average Bonchev–Trinajstić information content (AvgIpc) is 2.63. The summed E-state index contributed by atoms with van der Waals surface area (Å²) in [6.45, 7) is 4.32. The van der Waals surface area contributed by atoms with Crippen molar-refractivity contribution in [2.24, 2.45) is 5.92 Å². The first-order valence-electron chi connectivity index (χ1n) is 6.92. The normalized spacial score (nSPS) is 18.6. The molecule has 1 aromatic rings. The zero-order chi connectivity index (χ0) is 13.0. The molecule has 0 aromatic carbocycles. The summed E-state index contributed by atoms with van der Waals surface area (Å²) < 4.78 is 0. The number of aryl methyl sites for hydroxylation is 1. The molecule has 2 unspecified atom stereocenters. The van der Waals surface area contributed by atoms with E-state index in [0.29, 0.717) is 0 Å². The highest BCUT2D eigenvalue weighted by Crippen LogP contribution is 2.24. The number of aliphatic hydroxyl groups is 1. The van der Waals surface area contributed by atoms with Crippen LogP contribution in [0, 0.1) is 5.92 Å². The van der Waals surface area contributed by atoms with Crippen LogP contribution in [0.4, 0.5) is 5.82 Å². The van der Waals surface area contributed by atoms with Crippen molar-refractivity contribution in [1.29, 1.82) is 0 Å². The van der Waals surface area contributed by atoms with Gasteiger partial charge in [-0.2, -0.15) is 0 Å². The quantitative estimate of drug-likeness (QED) is 0.803. The van der Waals surface area contributed by atoms with Crippen molar-refractivity contribution in [2.75, 3.05) is 11.9 Å². The molecule has 2 N–H and O–H groups in total. The van der Waals surface area contributed by atoms with Crippen molar-refractivity contribution in [3.63, 3.8) is 0 Å². The van der Waals surface area contributed by atoms with Crippen LogP contribution in [0.15, 0.2) is 6.33 Å². The van der Waals surface area contributed by atoms with E-state index < -0.39 is 0 Å². The fourth-order valence-electron chi connectivity index (χ4n) is 2.34. The van der Waals surface area contributed by atoms with Gasteiger partial charge in [0.1, 0.15) is 12.1 Å². The van der Waals surface area contributed by atoms with E-state index in [1.807, 2.05) is 6.92 Å². The number of anilines is 1. The maximum Gasteiger partial charge on any atom is 0.133 e. The van der Waals surface area contributed by atoms with E-state index in [4.69, 9.17) is 0 Å². The molecule has 0 bridgehead atoms. The van der Waals surface area contributed by atoms with Crippen LogP contribution in [-0.2, 0) is 12.8 Å². The Morgan fingerprint density at radius 2 is 2.00 bits per heavy atom. The van der Waals surface area contributed by atoms with Gasteiger partial charge in [-0.25, -0.2) is 9.97 Å². The lowest BCUT2D eigenvalue weighted by Gasteiger charge is -2.22. The second-order valence-electron chi connectivity index (χ2n) is 5.30. The van der Waals surface area contributed by atoms with E-state index in [-0.39, 0.29) is 18.6 Å². The molecule has 0 radical (unpaired) electrons. The van der Waals surface area contributed by atoms with Crippen LogP contribution in [0.1, 0.15) is 44.4 Å². The summed E-state index contributed by atoms with van der Waals surface area (Å²) in [4.78, 5) is 8.80. The second kappa shape index (κ2) is 6.14. The first-order chi connectivity index (χ1) is 8.72. The van der Waals surface area contributed by atoms with E-state index in [9.17, 15) is 5.11 Å². The van der Waals surface area contributed by atoms with E-state index >= 15 is 0 Å². The molecule has 4 heteroatoms. The van der Waals surface area contributed by atoms with Crippen molar-refractivity contribution >= 4 is 5.82 Å². The Labute approximate surface area is 109 Å². The summed E-state index contributed by atoms with van der Waals surface area (Å²) in [5, 5.41) is 12.6. The van der Waals surface area contributed by atoms with Crippen LogP contribution >= 0.6 is 0 Å². The number of nitrogens with zero attached hydrogens (tertiary/aromatic N) is 2. The van der Waals surface area contributed by atoms with Gasteiger partial charge in [0, 0.05) is 23.9 Å². The minimum Gasteiger partial charge on any atom is -0.396 e. The number of hydrogen-bond acceptors (Lipinski definition) is 4. The predicted molar refractivity (Wildman–Crippen MR) is 72.6 cm³/mol. The molecule has 1 aromatic heterocycles. The molecule has 1 heterocycles. The monoisotopic (exact) mass is 249 g/mol. The molecule has 0 aliphatic heterocycles. The Kier molecular flexibility index (Phi) is 4.53. The first kappa shape index (κ1) is 13.3. The van der Waals surface area contributed by atoms with Crippen LogP contribution in [0.3, 0.4) is 0 Å². The number of aliphatic hydroxyl groups excluding tert-OH is 1. The molecule has 2 rings (SSSR count). The summed E-state index contributed by atoms with van der Waals surface area (Å²) in [6, 6.07) is 0.220. The van der Waals surface area contributed by atoms with Crippen molar-refractivity contribution in [1.82, 2.24) is 9.97 Å². The Bertz CT molecular complexity index is 395. The van der Waals surface area contributed by atoms with Gasteiger partial charge in [-0.1, -0.05) is 13.3 Å². The maximum absolute atomic E-state index is 9.19. The number of hydrogen-bond donors (Lipinski definition) is 2. The Morgan fingerprint density at radius 1 is 1.22 bits per heavy atom. The molecule has 0 saturated carbocycles. The van der Waals surface area contributed by atoms with E-state index in [1.54, 1.807) is 6.33 Å². The minimum atomic E-state index is 0.196. The van der Waals surface area contributed by atoms with Crippen molar-refractivity contribution < 1.29 is 5.11 Å². The third-order valence-corrected chi connectivity index (χ3v) is 3.88. The summed E-state index contributed by atoms with van der Waals surface area (Å²) in [6.07, 6.45) is 7.52. The van der Waals surface area contributed by atoms with Gasteiger partial charge in [0.2, 0.25) is 0 Å². The number of aromatic nitrogens is 2. The zero-order valence-corrected chi connectivity index (χ0v) is 11.3. The number of nitrogens with one attached hydrogen (secondary N) is 1. The van der Waals surface area contributed by atoms with E-state index in [2.05, 4.69) is 22.2 Å². The van der Waals surface area contributed by atoms with Crippen LogP contribution in [0.2, 0.25) is 0 Å². The van der Waals surface area contributed by atoms with Crippen molar-refractivity contribution in [2.45, 2.75) is 52.0 Å². The summed E-state index contributed by atoms with van der Waals surface area (Å²) in [5.41, 5.74) is 2.49. The van der Waals surface area contributed by atoms with Gasteiger partial charge in [-0.3, -0.25) is 0 Å². The van der Waals surface area contributed by atoms with Crippen LogP contribution in [-0.4, -0.2) is 27.7 Å². The van der Waals surface area contributed by atoms with Gasteiger partial charge in [-0.05, 0) is 38.5 Å². The van der Waals surface area contributed by atoms with Gasteiger partial charge in [0.25, 0.3) is 0 Å². The molecule has 0 fully saturated rings. The van der Waals surface area contributed by atoms with E-state index in [0.717, 1.165) is 18.7 Å². The van der Waals surface area contributed by atoms with E-state index in [1.165, 1.54) is 30.5 Å². The average molecular weight is 249 g/mol. The number of fused-ring (bicyclic) bond motifs is 1. The lowest BCUT2D eigenvalue weighted by molar-refractivity contribution is 0.226. The Morgan fingerprint density at radius 3 is 2.78 bits per heavy atom. The third-order valence-electron chi connectivity index (χ3n) is 3.88. The highest BCUT2D eigenvalue weighted by molar-refractivity contribution is 5.47. The third kappa shape index (κ3) is 2.99. The summed E-state index contributed by atoms with van der Waals surface area (Å²) in [7, 11) is 0. The van der Waals surface area contributed by atoms with Gasteiger partial charge in [0.05, 0.1) is 0 Å². The van der Waals surface area contributed by atoms with Gasteiger partial charge < -0.3 is 10.4 Å².